The van der Waals surface area contributed by atoms with Gasteiger partial charge in [-0.1, -0.05) is 5.16 Å². The highest BCUT2D eigenvalue weighted by molar-refractivity contribution is 5.04. The quantitative estimate of drug-likeness (QED) is 0.565. The minimum absolute atomic E-state index is 0.471. The molecule has 15 heavy (non-hydrogen) atoms. The summed E-state index contributed by atoms with van der Waals surface area (Å²) in [6.45, 7) is 1.92. The van der Waals surface area contributed by atoms with Gasteiger partial charge in [0.25, 0.3) is 6.20 Å². The Kier molecular flexibility index (Phi) is 2.53. The molecule has 0 unspecified atom stereocenters. The van der Waals surface area contributed by atoms with Crippen molar-refractivity contribution >= 4 is 0 Å². The molecule has 0 aromatic carbocycles. The van der Waals surface area contributed by atoms with E-state index in [-0.39, 0.29) is 0 Å². The summed E-state index contributed by atoms with van der Waals surface area (Å²) in [6, 6.07) is 1.74. The summed E-state index contributed by atoms with van der Waals surface area (Å²) in [6.07, 6.45) is 2.51. The molecule has 1 aromatic rings. The third-order valence-electron chi connectivity index (χ3n) is 2.09. The van der Waals surface area contributed by atoms with Crippen LogP contribution >= 0.6 is 0 Å². The van der Waals surface area contributed by atoms with E-state index in [1.54, 1.807) is 12.3 Å². The molecule has 7 nitrogen and oxygen atoms in total. The van der Waals surface area contributed by atoms with Crippen LogP contribution in [0.2, 0.25) is 0 Å². The van der Waals surface area contributed by atoms with Crippen molar-refractivity contribution in [2.75, 3.05) is 13.1 Å². The first-order valence-corrected chi connectivity index (χ1v) is 4.49. The first kappa shape index (κ1) is 9.50. The van der Waals surface area contributed by atoms with Crippen molar-refractivity contribution in [3.63, 3.8) is 0 Å². The van der Waals surface area contributed by atoms with Gasteiger partial charge < -0.3 is 14.7 Å². The highest BCUT2D eigenvalue weighted by atomic mass is 16.6. The second kappa shape index (κ2) is 3.99. The predicted octanol–water partition coefficient (Wildman–Crippen LogP) is 0.155. The molecule has 2 rings (SSSR count). The second-order valence-electron chi connectivity index (χ2n) is 3.13. The summed E-state index contributed by atoms with van der Waals surface area (Å²) < 4.78 is 4.93. The van der Waals surface area contributed by atoms with Crippen LogP contribution in [0.15, 0.2) is 28.8 Å². The van der Waals surface area contributed by atoms with Gasteiger partial charge in [-0.15, -0.1) is 0 Å². The molecule has 1 saturated heterocycles. The number of hydrogen-bond acceptors (Lipinski definition) is 6. The van der Waals surface area contributed by atoms with Gasteiger partial charge in [-0.3, -0.25) is 10.1 Å². The molecule has 0 atom stereocenters. The standard InChI is InChI=1S/C8H10N4O3/c13-12(14)6-8-9-3-4-11(8)5-7-1-2-10-15-7/h1-2,6,9H,3-5H2. The van der Waals surface area contributed by atoms with Crippen molar-refractivity contribution in [1.29, 1.82) is 0 Å². The lowest BCUT2D eigenvalue weighted by molar-refractivity contribution is -0.404. The van der Waals surface area contributed by atoms with E-state index >= 15 is 0 Å². The zero-order valence-corrected chi connectivity index (χ0v) is 7.92. The lowest BCUT2D eigenvalue weighted by Crippen LogP contribution is -2.20. The molecular formula is C8H10N4O3. The SMILES string of the molecule is O=[N+]([O-])C=C1NCCN1Cc1ccno1. The van der Waals surface area contributed by atoms with Gasteiger partial charge in [0.05, 0.1) is 17.7 Å². The topological polar surface area (TPSA) is 84.4 Å². The molecule has 0 bridgehead atoms. The van der Waals surface area contributed by atoms with Crippen LogP contribution in [0.5, 0.6) is 0 Å². The lowest BCUT2D eigenvalue weighted by Gasteiger charge is -2.14. The maximum Gasteiger partial charge on any atom is 0.274 e. The van der Waals surface area contributed by atoms with E-state index in [1.165, 1.54) is 0 Å². The van der Waals surface area contributed by atoms with Crippen LogP contribution in [0.1, 0.15) is 5.76 Å². The van der Waals surface area contributed by atoms with Crippen LogP contribution in [-0.2, 0) is 6.54 Å². The summed E-state index contributed by atoms with van der Waals surface area (Å²) >= 11 is 0. The third kappa shape index (κ3) is 2.25. The van der Waals surface area contributed by atoms with E-state index in [4.69, 9.17) is 4.52 Å². The molecule has 2 heterocycles. The van der Waals surface area contributed by atoms with E-state index in [0.29, 0.717) is 24.7 Å². The molecule has 1 aliphatic rings. The maximum atomic E-state index is 10.3. The first-order chi connectivity index (χ1) is 7.25. The molecule has 0 aliphatic carbocycles. The van der Waals surface area contributed by atoms with Crippen LogP contribution in [0.25, 0.3) is 0 Å². The van der Waals surface area contributed by atoms with Gasteiger partial charge in [0.2, 0.25) is 0 Å². The molecular weight excluding hydrogens is 200 g/mol. The van der Waals surface area contributed by atoms with Gasteiger partial charge >= 0.3 is 0 Å². The largest absolute Gasteiger partial charge is 0.365 e. The summed E-state index contributed by atoms with van der Waals surface area (Å²) in [4.78, 5) is 11.7. The maximum absolute atomic E-state index is 10.3. The van der Waals surface area contributed by atoms with E-state index in [0.717, 1.165) is 12.7 Å². The Morgan fingerprint density at radius 2 is 2.67 bits per heavy atom. The molecule has 1 fully saturated rings. The van der Waals surface area contributed by atoms with E-state index in [9.17, 15) is 10.1 Å². The summed E-state index contributed by atoms with van der Waals surface area (Å²) in [5.41, 5.74) is 0. The Morgan fingerprint density at radius 1 is 1.80 bits per heavy atom. The van der Waals surface area contributed by atoms with Crippen molar-refractivity contribution in [1.82, 2.24) is 15.4 Å². The Labute approximate surface area is 85.5 Å². The van der Waals surface area contributed by atoms with Crippen LogP contribution in [0.3, 0.4) is 0 Å². The highest BCUT2D eigenvalue weighted by Crippen LogP contribution is 2.12. The molecule has 0 amide bonds. The molecule has 0 spiro atoms. The number of hydrogen-bond donors (Lipinski definition) is 1. The van der Waals surface area contributed by atoms with Crippen LogP contribution in [0.4, 0.5) is 0 Å². The Morgan fingerprint density at radius 3 is 3.33 bits per heavy atom. The predicted molar refractivity (Wildman–Crippen MR) is 50.0 cm³/mol. The van der Waals surface area contributed by atoms with Gasteiger partial charge in [-0.25, -0.2) is 0 Å². The van der Waals surface area contributed by atoms with Crippen molar-refractivity contribution in [3.05, 3.63) is 40.2 Å². The number of nitrogens with one attached hydrogen (secondary N) is 1. The molecule has 1 aromatic heterocycles. The Balaban J connectivity index is 2.05. The van der Waals surface area contributed by atoms with Gasteiger partial charge in [-0.2, -0.15) is 0 Å². The average molecular weight is 210 g/mol. The fourth-order valence-electron chi connectivity index (χ4n) is 1.45. The van der Waals surface area contributed by atoms with Crippen molar-refractivity contribution in [2.45, 2.75) is 6.54 Å². The monoisotopic (exact) mass is 210 g/mol. The minimum Gasteiger partial charge on any atom is -0.365 e. The van der Waals surface area contributed by atoms with Crippen molar-refractivity contribution < 1.29 is 9.45 Å². The normalized spacial score (nSPS) is 18.1. The molecule has 80 valence electrons. The molecule has 1 aliphatic heterocycles. The van der Waals surface area contributed by atoms with Crippen molar-refractivity contribution in [2.24, 2.45) is 0 Å². The van der Waals surface area contributed by atoms with E-state index < -0.39 is 4.92 Å². The molecule has 7 heteroatoms. The zero-order chi connectivity index (χ0) is 10.7. The number of aromatic nitrogens is 1. The van der Waals surface area contributed by atoms with Gasteiger partial charge in [-0.05, 0) is 0 Å². The van der Waals surface area contributed by atoms with Crippen LogP contribution in [-0.4, -0.2) is 28.1 Å². The number of nitrogens with zero attached hydrogens (tertiary/aromatic N) is 3. The minimum atomic E-state index is -0.471. The molecule has 0 saturated carbocycles. The van der Waals surface area contributed by atoms with Crippen LogP contribution in [0, 0.1) is 10.1 Å². The smallest absolute Gasteiger partial charge is 0.274 e. The fraction of sp³-hybridized carbons (Fsp3) is 0.375. The van der Waals surface area contributed by atoms with Crippen LogP contribution < -0.4 is 5.32 Å². The average Bonchev–Trinajstić information content (AvgIpc) is 2.78. The Bertz CT molecular complexity index is 373. The zero-order valence-electron chi connectivity index (χ0n) is 7.92. The van der Waals surface area contributed by atoms with E-state index in [1.807, 2.05) is 4.90 Å². The fourth-order valence-corrected chi connectivity index (χ4v) is 1.45. The summed E-state index contributed by atoms with van der Waals surface area (Å²) in [7, 11) is 0. The van der Waals surface area contributed by atoms with Gasteiger partial charge in [0.15, 0.2) is 11.6 Å². The lowest BCUT2D eigenvalue weighted by atomic mass is 10.4. The second-order valence-corrected chi connectivity index (χ2v) is 3.13. The summed E-state index contributed by atoms with van der Waals surface area (Å²) in [5.74, 6) is 1.20. The molecule has 0 radical (unpaired) electrons. The Hall–Kier alpha value is -2.05. The molecule has 1 N–H and O–H groups in total. The van der Waals surface area contributed by atoms with E-state index in [2.05, 4.69) is 10.5 Å². The number of nitro groups is 1. The van der Waals surface area contributed by atoms with Gasteiger partial charge in [0.1, 0.15) is 0 Å². The van der Waals surface area contributed by atoms with Crippen molar-refractivity contribution in [3.8, 4) is 0 Å². The van der Waals surface area contributed by atoms with Gasteiger partial charge in [0, 0.05) is 19.2 Å². The highest BCUT2D eigenvalue weighted by Gasteiger charge is 2.20. The number of rotatable bonds is 3. The summed E-state index contributed by atoms with van der Waals surface area (Å²) in [5, 5.41) is 16.8. The third-order valence-corrected chi connectivity index (χ3v) is 2.09. The first-order valence-electron chi connectivity index (χ1n) is 4.49.